The number of nitrogens with one attached hydrogen (secondary N) is 2. The first-order chi connectivity index (χ1) is 18.8. The Morgan fingerprint density at radius 3 is 2.62 bits per heavy atom. The molecule has 1 aliphatic rings. The van der Waals surface area contributed by atoms with E-state index < -0.39 is 29.6 Å². The zero-order valence-corrected chi connectivity index (χ0v) is 21.4. The topological polar surface area (TPSA) is 121 Å². The lowest BCUT2D eigenvalue weighted by Gasteiger charge is -2.15. The lowest BCUT2D eigenvalue weighted by Crippen LogP contribution is -2.41. The molecule has 10 nitrogen and oxygen atoms in total. The Morgan fingerprint density at radius 1 is 1.00 bits per heavy atom. The maximum atomic E-state index is 13.3. The maximum absolute atomic E-state index is 13.3. The number of anilines is 1. The van der Waals surface area contributed by atoms with Gasteiger partial charge in [0.1, 0.15) is 6.54 Å². The average molecular weight is 547 g/mol. The number of hydrogen-bond donors (Lipinski definition) is 2. The number of halogens is 1. The van der Waals surface area contributed by atoms with E-state index in [1.54, 1.807) is 36.4 Å². The van der Waals surface area contributed by atoms with E-state index in [2.05, 4.69) is 17.2 Å². The summed E-state index contributed by atoms with van der Waals surface area (Å²) in [4.78, 5) is 52.2. The predicted octanol–water partition coefficient (Wildman–Crippen LogP) is 3.30. The van der Waals surface area contributed by atoms with Crippen LogP contribution in [-0.2, 0) is 24.4 Å². The van der Waals surface area contributed by atoms with E-state index in [9.17, 15) is 19.2 Å². The van der Waals surface area contributed by atoms with Gasteiger partial charge in [0.2, 0.25) is 12.7 Å². The highest BCUT2D eigenvalue weighted by molar-refractivity contribution is 6.30. The third-order valence-electron chi connectivity index (χ3n) is 6.10. The van der Waals surface area contributed by atoms with Crippen molar-refractivity contribution in [1.29, 1.82) is 0 Å². The molecule has 3 aromatic carbocycles. The van der Waals surface area contributed by atoms with Crippen molar-refractivity contribution in [1.82, 2.24) is 14.5 Å². The van der Waals surface area contributed by atoms with Crippen molar-refractivity contribution in [3.63, 3.8) is 0 Å². The largest absolute Gasteiger partial charge is 0.454 e. The van der Waals surface area contributed by atoms with Crippen LogP contribution in [0.25, 0.3) is 10.9 Å². The standard InChI is InChI=1S/C28H23ClN4O6/c1-2-10-32-27(36)21-8-7-18(26(35)30-14-17-6-9-23-24(11-17)39-16-38-23)12-22(21)33(28(32)37)15-25(34)31-20-5-3-4-19(29)13-20/h2-9,11-13H,1,10,14-16H2,(H,30,35)(H,31,34). The second-order valence-electron chi connectivity index (χ2n) is 8.73. The molecule has 4 aromatic rings. The Morgan fingerprint density at radius 2 is 1.82 bits per heavy atom. The van der Waals surface area contributed by atoms with Gasteiger partial charge in [0, 0.05) is 29.4 Å². The highest BCUT2D eigenvalue weighted by Gasteiger charge is 2.18. The summed E-state index contributed by atoms with van der Waals surface area (Å²) in [7, 11) is 0. The van der Waals surface area contributed by atoms with Crippen LogP contribution in [0.15, 0.2) is 82.9 Å². The van der Waals surface area contributed by atoms with Gasteiger partial charge < -0.3 is 20.1 Å². The van der Waals surface area contributed by atoms with E-state index in [1.807, 2.05) is 6.07 Å². The van der Waals surface area contributed by atoms with Gasteiger partial charge in [-0.2, -0.15) is 0 Å². The summed E-state index contributed by atoms with van der Waals surface area (Å²) in [6.45, 7) is 3.53. The van der Waals surface area contributed by atoms with Crippen LogP contribution in [0.4, 0.5) is 5.69 Å². The van der Waals surface area contributed by atoms with Crippen molar-refractivity contribution < 1.29 is 19.1 Å². The van der Waals surface area contributed by atoms with Crippen molar-refractivity contribution >= 4 is 40.0 Å². The van der Waals surface area contributed by atoms with Gasteiger partial charge in [-0.25, -0.2) is 4.79 Å². The number of amides is 2. The molecule has 0 radical (unpaired) electrons. The zero-order valence-electron chi connectivity index (χ0n) is 20.6. The molecule has 1 aliphatic heterocycles. The van der Waals surface area contributed by atoms with Gasteiger partial charge >= 0.3 is 5.69 Å². The van der Waals surface area contributed by atoms with Crippen molar-refractivity contribution in [2.75, 3.05) is 12.1 Å². The molecule has 2 N–H and O–H groups in total. The minimum Gasteiger partial charge on any atom is -0.454 e. The van der Waals surface area contributed by atoms with Gasteiger partial charge in [0.05, 0.1) is 10.9 Å². The highest BCUT2D eigenvalue weighted by Crippen LogP contribution is 2.32. The minimum absolute atomic E-state index is 0.0404. The second-order valence-corrected chi connectivity index (χ2v) is 9.17. The van der Waals surface area contributed by atoms with E-state index in [-0.39, 0.29) is 36.3 Å². The van der Waals surface area contributed by atoms with E-state index >= 15 is 0 Å². The summed E-state index contributed by atoms with van der Waals surface area (Å²) in [5.74, 6) is 0.303. The molecular formula is C28H23ClN4O6. The minimum atomic E-state index is -0.702. The van der Waals surface area contributed by atoms with Gasteiger partial charge in [0.15, 0.2) is 11.5 Å². The second kappa shape index (κ2) is 10.9. The average Bonchev–Trinajstić information content (AvgIpc) is 3.40. The Balaban J connectivity index is 1.45. The summed E-state index contributed by atoms with van der Waals surface area (Å²) < 4.78 is 12.8. The molecule has 0 atom stereocenters. The molecule has 2 amide bonds. The van der Waals surface area contributed by atoms with Crippen LogP contribution in [0.3, 0.4) is 0 Å². The highest BCUT2D eigenvalue weighted by atomic mass is 35.5. The molecule has 0 saturated carbocycles. The van der Waals surface area contributed by atoms with Crippen molar-refractivity contribution in [3.05, 3.63) is 110 Å². The molecule has 0 bridgehead atoms. The van der Waals surface area contributed by atoms with Crippen LogP contribution in [-0.4, -0.2) is 27.7 Å². The maximum Gasteiger partial charge on any atom is 0.332 e. The van der Waals surface area contributed by atoms with Crippen LogP contribution in [0, 0.1) is 0 Å². The molecule has 2 heterocycles. The number of nitrogens with zero attached hydrogens (tertiary/aromatic N) is 2. The summed E-state index contributed by atoms with van der Waals surface area (Å²) >= 11 is 6.00. The molecule has 198 valence electrons. The first kappa shape index (κ1) is 25.8. The van der Waals surface area contributed by atoms with Gasteiger partial charge in [-0.15, -0.1) is 6.58 Å². The molecule has 39 heavy (non-hydrogen) atoms. The first-order valence-electron chi connectivity index (χ1n) is 11.9. The van der Waals surface area contributed by atoms with Crippen LogP contribution in [0.5, 0.6) is 11.5 Å². The fraction of sp³-hybridized carbons (Fsp3) is 0.143. The lowest BCUT2D eigenvalue weighted by atomic mass is 10.1. The molecule has 0 spiro atoms. The SMILES string of the molecule is C=CCn1c(=O)c2ccc(C(=O)NCc3ccc4c(c3)OCO4)cc2n(CC(=O)Nc2cccc(Cl)c2)c1=O. The number of ether oxygens (including phenoxy) is 2. The molecule has 1 aromatic heterocycles. The number of rotatable bonds is 8. The third-order valence-corrected chi connectivity index (χ3v) is 6.34. The number of fused-ring (bicyclic) bond motifs is 2. The van der Waals surface area contributed by atoms with Gasteiger partial charge in [-0.1, -0.05) is 29.8 Å². The van der Waals surface area contributed by atoms with E-state index in [4.69, 9.17) is 21.1 Å². The van der Waals surface area contributed by atoms with Crippen LogP contribution in [0.2, 0.25) is 5.02 Å². The van der Waals surface area contributed by atoms with E-state index in [0.29, 0.717) is 22.2 Å². The molecule has 0 aliphatic carbocycles. The predicted molar refractivity (Wildman–Crippen MR) is 146 cm³/mol. The first-order valence-corrected chi connectivity index (χ1v) is 12.3. The molecule has 0 fully saturated rings. The fourth-order valence-electron chi connectivity index (χ4n) is 4.25. The van der Waals surface area contributed by atoms with E-state index in [1.165, 1.54) is 24.3 Å². The van der Waals surface area contributed by atoms with Gasteiger partial charge in [0.25, 0.3) is 11.5 Å². The molecular weight excluding hydrogens is 524 g/mol. The van der Waals surface area contributed by atoms with Crippen LogP contribution in [0.1, 0.15) is 15.9 Å². The quantitative estimate of drug-likeness (QED) is 0.327. The fourth-order valence-corrected chi connectivity index (χ4v) is 4.44. The lowest BCUT2D eigenvalue weighted by molar-refractivity contribution is -0.116. The Hall–Kier alpha value is -4.83. The van der Waals surface area contributed by atoms with Gasteiger partial charge in [-0.05, 0) is 54.1 Å². The van der Waals surface area contributed by atoms with Crippen molar-refractivity contribution in [2.45, 2.75) is 19.6 Å². The van der Waals surface area contributed by atoms with Crippen LogP contribution >= 0.6 is 11.6 Å². The molecule has 5 rings (SSSR count). The molecule has 11 heteroatoms. The number of carbonyl (C=O) groups excluding carboxylic acids is 2. The summed E-state index contributed by atoms with van der Waals surface area (Å²) in [6, 6.07) is 16.3. The summed E-state index contributed by atoms with van der Waals surface area (Å²) in [5, 5.41) is 6.13. The monoisotopic (exact) mass is 546 g/mol. The van der Waals surface area contributed by atoms with Crippen LogP contribution < -0.4 is 31.4 Å². The van der Waals surface area contributed by atoms with Gasteiger partial charge in [-0.3, -0.25) is 23.5 Å². The van der Waals surface area contributed by atoms with E-state index in [0.717, 1.165) is 14.7 Å². The Kier molecular flexibility index (Phi) is 7.20. The summed E-state index contributed by atoms with van der Waals surface area (Å²) in [6.07, 6.45) is 1.42. The molecule has 0 saturated heterocycles. The smallest absolute Gasteiger partial charge is 0.332 e. The Bertz CT molecular complexity index is 1740. The number of carbonyl (C=O) groups is 2. The zero-order chi connectivity index (χ0) is 27.5. The van der Waals surface area contributed by atoms with Crippen molar-refractivity contribution in [2.24, 2.45) is 0 Å². The number of aromatic nitrogens is 2. The summed E-state index contributed by atoms with van der Waals surface area (Å²) in [5.41, 5.74) is 0.373. The number of allylic oxidation sites excluding steroid dienone is 1. The Labute approximate surface area is 227 Å². The normalized spacial score (nSPS) is 11.8. The molecule has 0 unspecified atom stereocenters. The number of hydrogen-bond acceptors (Lipinski definition) is 6. The van der Waals surface area contributed by atoms with Crippen molar-refractivity contribution in [3.8, 4) is 11.5 Å². The third kappa shape index (κ3) is 5.41. The number of benzene rings is 3.